The molecule has 2 aromatic rings. The lowest BCUT2D eigenvalue weighted by Crippen LogP contribution is -2.26. The zero-order valence-electron chi connectivity index (χ0n) is 13.0. The Morgan fingerprint density at radius 2 is 2.18 bits per heavy atom. The van der Waals surface area contributed by atoms with Crippen molar-refractivity contribution in [3.05, 3.63) is 35.4 Å². The molecule has 0 atom stereocenters. The standard InChI is InChI=1S/C14H20N6O2/c1-10-7-12(18-11(2)17-10)14(21)15-8-13-19-16-9-20(13)5-4-6-22-3/h7,9H,4-6,8H2,1-3H3,(H,15,21). The normalized spacial score (nSPS) is 10.7. The van der Waals surface area contributed by atoms with E-state index in [2.05, 4.69) is 25.5 Å². The van der Waals surface area contributed by atoms with Crippen molar-refractivity contribution in [2.24, 2.45) is 0 Å². The van der Waals surface area contributed by atoms with Crippen molar-refractivity contribution in [1.29, 1.82) is 0 Å². The number of methoxy groups -OCH3 is 1. The van der Waals surface area contributed by atoms with Crippen LogP contribution in [0.25, 0.3) is 0 Å². The molecule has 0 aliphatic rings. The summed E-state index contributed by atoms with van der Waals surface area (Å²) in [7, 11) is 1.67. The highest BCUT2D eigenvalue weighted by atomic mass is 16.5. The Balaban J connectivity index is 1.95. The number of ether oxygens (including phenoxy) is 1. The number of carbonyl (C=O) groups is 1. The molecule has 0 unspecified atom stereocenters. The number of aromatic nitrogens is 5. The maximum atomic E-state index is 12.1. The van der Waals surface area contributed by atoms with Gasteiger partial charge in [0.15, 0.2) is 5.82 Å². The van der Waals surface area contributed by atoms with Gasteiger partial charge in [0.1, 0.15) is 17.8 Å². The topological polar surface area (TPSA) is 94.8 Å². The van der Waals surface area contributed by atoms with Gasteiger partial charge in [-0.1, -0.05) is 0 Å². The first kappa shape index (κ1) is 16.0. The van der Waals surface area contributed by atoms with E-state index in [1.807, 2.05) is 11.5 Å². The van der Waals surface area contributed by atoms with Crippen LogP contribution in [0.5, 0.6) is 0 Å². The summed E-state index contributed by atoms with van der Waals surface area (Å²) in [6.07, 6.45) is 2.51. The third-order valence-corrected chi connectivity index (χ3v) is 3.05. The first-order chi connectivity index (χ1) is 10.6. The molecule has 0 radical (unpaired) electrons. The van der Waals surface area contributed by atoms with Crippen LogP contribution in [-0.4, -0.2) is 44.4 Å². The SMILES string of the molecule is COCCCn1cnnc1CNC(=O)c1cc(C)nc(C)n1. The summed E-state index contributed by atoms with van der Waals surface area (Å²) in [4.78, 5) is 20.4. The van der Waals surface area contributed by atoms with E-state index in [-0.39, 0.29) is 5.91 Å². The molecule has 0 saturated heterocycles. The van der Waals surface area contributed by atoms with Gasteiger partial charge in [-0.3, -0.25) is 4.79 Å². The molecule has 8 nitrogen and oxygen atoms in total. The molecule has 1 N–H and O–H groups in total. The van der Waals surface area contributed by atoms with Crippen molar-refractivity contribution in [3.63, 3.8) is 0 Å². The molecule has 22 heavy (non-hydrogen) atoms. The molecule has 0 aromatic carbocycles. The van der Waals surface area contributed by atoms with Gasteiger partial charge in [0.25, 0.3) is 5.91 Å². The molecule has 1 amide bonds. The number of amides is 1. The minimum atomic E-state index is -0.250. The van der Waals surface area contributed by atoms with Gasteiger partial charge in [-0.15, -0.1) is 10.2 Å². The maximum absolute atomic E-state index is 12.1. The van der Waals surface area contributed by atoms with E-state index in [0.717, 1.165) is 18.7 Å². The highest BCUT2D eigenvalue weighted by Crippen LogP contribution is 2.02. The number of hydrogen-bond acceptors (Lipinski definition) is 6. The van der Waals surface area contributed by atoms with E-state index < -0.39 is 0 Å². The number of aryl methyl sites for hydroxylation is 3. The molecular formula is C14H20N6O2. The summed E-state index contributed by atoms with van der Waals surface area (Å²) in [5.74, 6) is 1.03. The lowest BCUT2D eigenvalue weighted by molar-refractivity contribution is 0.0943. The Morgan fingerprint density at radius 3 is 2.91 bits per heavy atom. The summed E-state index contributed by atoms with van der Waals surface area (Å²) in [6.45, 7) is 5.31. The van der Waals surface area contributed by atoms with Crippen LogP contribution in [0, 0.1) is 13.8 Å². The number of nitrogens with zero attached hydrogens (tertiary/aromatic N) is 5. The zero-order valence-corrected chi connectivity index (χ0v) is 13.0. The molecule has 0 spiro atoms. The van der Waals surface area contributed by atoms with Gasteiger partial charge in [-0.2, -0.15) is 0 Å². The molecule has 2 heterocycles. The van der Waals surface area contributed by atoms with Crippen molar-refractivity contribution in [2.75, 3.05) is 13.7 Å². The van der Waals surface area contributed by atoms with Gasteiger partial charge < -0.3 is 14.6 Å². The van der Waals surface area contributed by atoms with Crippen LogP contribution >= 0.6 is 0 Å². The number of carbonyl (C=O) groups excluding carboxylic acids is 1. The molecule has 2 rings (SSSR count). The first-order valence-electron chi connectivity index (χ1n) is 7.06. The smallest absolute Gasteiger partial charge is 0.270 e. The summed E-state index contributed by atoms with van der Waals surface area (Å²) in [5, 5.41) is 10.7. The highest BCUT2D eigenvalue weighted by Gasteiger charge is 2.11. The Hall–Kier alpha value is -2.35. The Labute approximate surface area is 128 Å². The molecule has 2 aromatic heterocycles. The molecule has 118 valence electrons. The van der Waals surface area contributed by atoms with E-state index in [9.17, 15) is 4.79 Å². The average molecular weight is 304 g/mol. The largest absolute Gasteiger partial charge is 0.385 e. The minimum absolute atomic E-state index is 0.250. The van der Waals surface area contributed by atoms with Crippen LogP contribution in [0.2, 0.25) is 0 Å². The van der Waals surface area contributed by atoms with Gasteiger partial charge in [-0.05, 0) is 26.3 Å². The lowest BCUT2D eigenvalue weighted by atomic mass is 10.3. The molecular weight excluding hydrogens is 284 g/mol. The lowest BCUT2D eigenvalue weighted by Gasteiger charge is -2.08. The average Bonchev–Trinajstić information content (AvgIpc) is 2.91. The van der Waals surface area contributed by atoms with Gasteiger partial charge in [-0.25, -0.2) is 9.97 Å². The van der Waals surface area contributed by atoms with Gasteiger partial charge >= 0.3 is 0 Å². The summed E-state index contributed by atoms with van der Waals surface area (Å²) in [5.41, 5.74) is 1.12. The molecule has 0 aliphatic heterocycles. The summed E-state index contributed by atoms with van der Waals surface area (Å²) < 4.78 is 6.92. The molecule has 0 aliphatic carbocycles. The van der Waals surface area contributed by atoms with Crippen LogP contribution in [0.15, 0.2) is 12.4 Å². The van der Waals surface area contributed by atoms with E-state index in [0.29, 0.717) is 30.5 Å². The van der Waals surface area contributed by atoms with E-state index in [4.69, 9.17) is 4.74 Å². The van der Waals surface area contributed by atoms with Crippen molar-refractivity contribution < 1.29 is 9.53 Å². The van der Waals surface area contributed by atoms with E-state index in [1.165, 1.54) is 0 Å². The van der Waals surface area contributed by atoms with Crippen molar-refractivity contribution in [2.45, 2.75) is 33.4 Å². The molecule has 0 bridgehead atoms. The summed E-state index contributed by atoms with van der Waals surface area (Å²) >= 11 is 0. The fourth-order valence-corrected chi connectivity index (χ4v) is 2.06. The van der Waals surface area contributed by atoms with Crippen LogP contribution in [0.4, 0.5) is 0 Å². The minimum Gasteiger partial charge on any atom is -0.385 e. The fourth-order valence-electron chi connectivity index (χ4n) is 2.06. The number of nitrogens with one attached hydrogen (secondary N) is 1. The second-order valence-electron chi connectivity index (χ2n) is 4.91. The number of hydrogen-bond donors (Lipinski definition) is 1. The third-order valence-electron chi connectivity index (χ3n) is 3.05. The Bertz CT molecular complexity index is 620. The van der Waals surface area contributed by atoms with Crippen LogP contribution < -0.4 is 5.32 Å². The van der Waals surface area contributed by atoms with E-state index >= 15 is 0 Å². The monoisotopic (exact) mass is 304 g/mol. The molecule has 8 heteroatoms. The van der Waals surface area contributed by atoms with Gasteiger partial charge in [0.05, 0.1) is 6.54 Å². The first-order valence-corrected chi connectivity index (χ1v) is 7.06. The second kappa shape index (κ2) is 7.60. The van der Waals surface area contributed by atoms with E-state index in [1.54, 1.807) is 26.4 Å². The predicted octanol–water partition coefficient (Wildman–Crippen LogP) is 0.651. The Morgan fingerprint density at radius 1 is 1.36 bits per heavy atom. The van der Waals surface area contributed by atoms with Crippen LogP contribution in [0.1, 0.15) is 34.3 Å². The molecule has 0 fully saturated rings. The molecule has 0 saturated carbocycles. The second-order valence-corrected chi connectivity index (χ2v) is 4.91. The van der Waals surface area contributed by atoms with Crippen LogP contribution in [0.3, 0.4) is 0 Å². The van der Waals surface area contributed by atoms with Crippen molar-refractivity contribution in [1.82, 2.24) is 30.0 Å². The number of rotatable bonds is 7. The Kier molecular flexibility index (Phi) is 5.54. The zero-order chi connectivity index (χ0) is 15.9. The predicted molar refractivity (Wildman–Crippen MR) is 79.2 cm³/mol. The quantitative estimate of drug-likeness (QED) is 0.755. The van der Waals surface area contributed by atoms with Gasteiger partial charge in [0, 0.05) is 26.0 Å². The van der Waals surface area contributed by atoms with Crippen molar-refractivity contribution in [3.8, 4) is 0 Å². The van der Waals surface area contributed by atoms with Crippen LogP contribution in [-0.2, 0) is 17.8 Å². The maximum Gasteiger partial charge on any atom is 0.270 e. The summed E-state index contributed by atoms with van der Waals surface area (Å²) in [6, 6.07) is 1.66. The van der Waals surface area contributed by atoms with Crippen molar-refractivity contribution >= 4 is 5.91 Å². The third kappa shape index (κ3) is 4.32. The fraction of sp³-hybridized carbons (Fsp3) is 0.500. The highest BCUT2D eigenvalue weighted by molar-refractivity contribution is 5.92. The van der Waals surface area contributed by atoms with Gasteiger partial charge in [0.2, 0.25) is 0 Å².